The van der Waals surface area contributed by atoms with Crippen molar-refractivity contribution in [1.29, 1.82) is 5.26 Å². The Balaban J connectivity index is 2.15. The van der Waals surface area contributed by atoms with E-state index < -0.39 is 0 Å². The molecule has 2 aromatic rings. The number of halogens is 1. The summed E-state index contributed by atoms with van der Waals surface area (Å²) in [7, 11) is 0. The van der Waals surface area contributed by atoms with E-state index in [0.29, 0.717) is 5.02 Å². The van der Waals surface area contributed by atoms with Crippen LogP contribution in [0.1, 0.15) is 24.1 Å². The molecule has 2 nitrogen and oxygen atoms in total. The molecular weight excluding hydrogens is 256 g/mol. The summed E-state index contributed by atoms with van der Waals surface area (Å²) in [6.45, 7) is 2.11. The first-order valence-electron chi connectivity index (χ1n) is 6.23. The molecule has 0 aliphatic heterocycles. The van der Waals surface area contributed by atoms with Gasteiger partial charge in [0, 0.05) is 10.7 Å². The molecule has 0 amide bonds. The Hall–Kier alpha value is -1.98. The number of anilines is 1. The maximum absolute atomic E-state index is 9.28. The molecule has 0 bridgehead atoms. The lowest BCUT2D eigenvalue weighted by Gasteiger charge is -2.13. The number of nitriles is 1. The first-order valence-corrected chi connectivity index (χ1v) is 6.61. The third-order valence-electron chi connectivity index (χ3n) is 3.01. The van der Waals surface area contributed by atoms with Gasteiger partial charge in [0.2, 0.25) is 0 Å². The second-order valence-electron chi connectivity index (χ2n) is 4.31. The van der Waals surface area contributed by atoms with Gasteiger partial charge >= 0.3 is 0 Å². The molecule has 3 heteroatoms. The summed E-state index contributed by atoms with van der Waals surface area (Å²) < 4.78 is 0. The molecule has 2 rings (SSSR count). The van der Waals surface area contributed by atoms with Crippen LogP contribution in [0, 0.1) is 11.3 Å². The SMILES string of the molecule is CCc1ccc(C(C#N)Nc2ccc(Cl)cc2)cc1. The molecule has 0 aliphatic carbocycles. The monoisotopic (exact) mass is 270 g/mol. The number of nitrogens with one attached hydrogen (secondary N) is 1. The van der Waals surface area contributed by atoms with Crippen LogP contribution in [0.5, 0.6) is 0 Å². The zero-order valence-electron chi connectivity index (χ0n) is 10.7. The molecule has 19 heavy (non-hydrogen) atoms. The van der Waals surface area contributed by atoms with Crippen molar-refractivity contribution in [2.45, 2.75) is 19.4 Å². The van der Waals surface area contributed by atoms with E-state index >= 15 is 0 Å². The fourth-order valence-electron chi connectivity index (χ4n) is 1.85. The van der Waals surface area contributed by atoms with E-state index in [9.17, 15) is 5.26 Å². The highest BCUT2D eigenvalue weighted by Gasteiger charge is 2.09. The average molecular weight is 271 g/mol. The van der Waals surface area contributed by atoms with E-state index in [2.05, 4.69) is 30.4 Å². The van der Waals surface area contributed by atoms with Gasteiger partial charge in [-0.1, -0.05) is 42.8 Å². The molecule has 0 heterocycles. The maximum Gasteiger partial charge on any atom is 0.140 e. The van der Waals surface area contributed by atoms with E-state index in [1.807, 2.05) is 24.3 Å². The van der Waals surface area contributed by atoms with Crippen LogP contribution in [0.25, 0.3) is 0 Å². The molecule has 0 saturated heterocycles. The molecular formula is C16H15ClN2. The summed E-state index contributed by atoms with van der Waals surface area (Å²) in [5.41, 5.74) is 3.12. The summed E-state index contributed by atoms with van der Waals surface area (Å²) in [5.74, 6) is 0. The molecule has 2 aromatic carbocycles. The number of hydrogen-bond donors (Lipinski definition) is 1. The molecule has 0 fully saturated rings. The minimum atomic E-state index is -0.355. The van der Waals surface area contributed by atoms with Gasteiger partial charge in [-0.15, -0.1) is 0 Å². The molecule has 0 saturated carbocycles. The predicted molar refractivity (Wildman–Crippen MR) is 79.2 cm³/mol. The van der Waals surface area contributed by atoms with Crippen molar-refractivity contribution in [3.63, 3.8) is 0 Å². The molecule has 1 N–H and O–H groups in total. The number of benzene rings is 2. The minimum Gasteiger partial charge on any atom is -0.366 e. The Labute approximate surface area is 118 Å². The zero-order chi connectivity index (χ0) is 13.7. The number of hydrogen-bond acceptors (Lipinski definition) is 2. The second kappa shape index (κ2) is 6.26. The van der Waals surface area contributed by atoms with E-state index in [1.165, 1.54) is 5.56 Å². The standard InChI is InChI=1S/C16H15ClN2/c1-2-12-3-5-13(6-4-12)16(11-18)19-15-9-7-14(17)8-10-15/h3-10,16,19H,2H2,1H3. The summed E-state index contributed by atoms with van der Waals surface area (Å²) in [5, 5.41) is 13.2. The van der Waals surface area contributed by atoms with Crippen molar-refractivity contribution in [3.05, 3.63) is 64.7 Å². The Bertz CT molecular complexity index is 567. The van der Waals surface area contributed by atoms with Crippen LogP contribution in [-0.2, 0) is 6.42 Å². The minimum absolute atomic E-state index is 0.355. The van der Waals surface area contributed by atoms with Gasteiger partial charge in [-0.05, 0) is 41.8 Å². The molecule has 0 aromatic heterocycles. The molecule has 96 valence electrons. The van der Waals surface area contributed by atoms with Gasteiger partial charge in [-0.3, -0.25) is 0 Å². The molecule has 1 atom stereocenters. The van der Waals surface area contributed by atoms with Gasteiger partial charge < -0.3 is 5.32 Å². The van der Waals surface area contributed by atoms with Crippen molar-refractivity contribution in [3.8, 4) is 6.07 Å². The summed E-state index contributed by atoms with van der Waals surface area (Å²) in [6, 6.07) is 17.4. The quantitative estimate of drug-likeness (QED) is 0.883. The van der Waals surface area contributed by atoms with Gasteiger partial charge in [0.05, 0.1) is 6.07 Å². The summed E-state index contributed by atoms with van der Waals surface area (Å²) in [4.78, 5) is 0. The molecule has 1 unspecified atom stereocenters. The van der Waals surface area contributed by atoms with E-state index in [4.69, 9.17) is 11.6 Å². The van der Waals surface area contributed by atoms with E-state index in [0.717, 1.165) is 17.7 Å². The predicted octanol–water partition coefficient (Wildman–Crippen LogP) is 4.58. The number of aryl methyl sites for hydroxylation is 1. The Morgan fingerprint density at radius 1 is 1.11 bits per heavy atom. The first kappa shape index (κ1) is 13.5. The largest absolute Gasteiger partial charge is 0.366 e. The van der Waals surface area contributed by atoms with E-state index in [1.54, 1.807) is 12.1 Å². The van der Waals surface area contributed by atoms with Crippen molar-refractivity contribution in [2.24, 2.45) is 0 Å². The first-order chi connectivity index (χ1) is 9.22. The smallest absolute Gasteiger partial charge is 0.140 e. The highest BCUT2D eigenvalue weighted by atomic mass is 35.5. The van der Waals surface area contributed by atoms with Gasteiger partial charge in [0.1, 0.15) is 6.04 Å². The van der Waals surface area contributed by atoms with E-state index in [-0.39, 0.29) is 6.04 Å². The summed E-state index contributed by atoms with van der Waals surface area (Å²) >= 11 is 5.84. The lowest BCUT2D eigenvalue weighted by atomic mass is 10.0. The van der Waals surface area contributed by atoms with Crippen LogP contribution >= 0.6 is 11.6 Å². The van der Waals surface area contributed by atoms with Gasteiger partial charge in [-0.2, -0.15) is 5.26 Å². The fraction of sp³-hybridized carbons (Fsp3) is 0.188. The average Bonchev–Trinajstić information content (AvgIpc) is 2.47. The van der Waals surface area contributed by atoms with Gasteiger partial charge in [0.25, 0.3) is 0 Å². The van der Waals surface area contributed by atoms with Gasteiger partial charge in [-0.25, -0.2) is 0 Å². The van der Waals surface area contributed by atoms with Crippen molar-refractivity contribution in [2.75, 3.05) is 5.32 Å². The molecule has 0 radical (unpaired) electrons. The number of nitrogens with zero attached hydrogens (tertiary/aromatic N) is 1. The highest BCUT2D eigenvalue weighted by Crippen LogP contribution is 2.21. The van der Waals surface area contributed by atoms with Crippen LogP contribution in [0.3, 0.4) is 0 Å². The maximum atomic E-state index is 9.28. The summed E-state index contributed by atoms with van der Waals surface area (Å²) in [6.07, 6.45) is 1.00. The second-order valence-corrected chi connectivity index (χ2v) is 4.74. The molecule has 0 spiro atoms. The topological polar surface area (TPSA) is 35.8 Å². The normalized spacial score (nSPS) is 11.6. The Morgan fingerprint density at radius 3 is 2.26 bits per heavy atom. The van der Waals surface area contributed by atoms with Crippen LogP contribution in [0.2, 0.25) is 5.02 Å². The lowest BCUT2D eigenvalue weighted by molar-refractivity contribution is 0.992. The van der Waals surface area contributed by atoms with Crippen molar-refractivity contribution in [1.82, 2.24) is 0 Å². The highest BCUT2D eigenvalue weighted by molar-refractivity contribution is 6.30. The Morgan fingerprint density at radius 2 is 1.74 bits per heavy atom. The van der Waals surface area contributed by atoms with Crippen LogP contribution in [-0.4, -0.2) is 0 Å². The fourth-order valence-corrected chi connectivity index (χ4v) is 1.97. The van der Waals surface area contributed by atoms with Crippen molar-refractivity contribution < 1.29 is 0 Å². The Kier molecular flexibility index (Phi) is 4.43. The zero-order valence-corrected chi connectivity index (χ0v) is 11.5. The van der Waals surface area contributed by atoms with Crippen molar-refractivity contribution >= 4 is 17.3 Å². The third kappa shape index (κ3) is 3.49. The van der Waals surface area contributed by atoms with Crippen LogP contribution < -0.4 is 5.32 Å². The van der Waals surface area contributed by atoms with Gasteiger partial charge in [0.15, 0.2) is 0 Å². The lowest BCUT2D eigenvalue weighted by Crippen LogP contribution is -2.08. The van der Waals surface area contributed by atoms with Crippen LogP contribution in [0.4, 0.5) is 5.69 Å². The third-order valence-corrected chi connectivity index (χ3v) is 3.26. The van der Waals surface area contributed by atoms with Crippen LogP contribution in [0.15, 0.2) is 48.5 Å². The number of rotatable bonds is 4. The molecule has 0 aliphatic rings.